The van der Waals surface area contributed by atoms with E-state index >= 15 is 0 Å². The van der Waals surface area contributed by atoms with Crippen LogP contribution in [0, 0.1) is 0 Å². The summed E-state index contributed by atoms with van der Waals surface area (Å²) in [6, 6.07) is 11.6. The van der Waals surface area contributed by atoms with Crippen molar-refractivity contribution >= 4 is 60.9 Å². The molecule has 0 saturated carbocycles. The van der Waals surface area contributed by atoms with Crippen molar-refractivity contribution in [1.82, 2.24) is 4.57 Å². The summed E-state index contributed by atoms with van der Waals surface area (Å²) in [6.07, 6.45) is -0.444. The maximum atomic E-state index is 9.94. The Bertz CT molecular complexity index is 725. The summed E-state index contributed by atoms with van der Waals surface area (Å²) in [5.41, 5.74) is 2.10. The van der Waals surface area contributed by atoms with Crippen LogP contribution in [0.4, 0.5) is 0 Å². The smallest absolute Gasteiger partial charge is 0.0815 e. The molecule has 2 aromatic carbocycles. The van der Waals surface area contributed by atoms with Gasteiger partial charge in [0.25, 0.3) is 0 Å². The lowest BCUT2D eigenvalue weighted by Gasteiger charge is -2.11. The quantitative estimate of drug-likeness (QED) is 0.652. The van der Waals surface area contributed by atoms with E-state index in [0.29, 0.717) is 21.9 Å². The molecule has 0 saturated heterocycles. The van der Waals surface area contributed by atoms with Crippen LogP contribution in [0.15, 0.2) is 36.4 Å². The molecule has 0 aliphatic rings. The SMILES string of the molecule is OC(CBr)Cn1c2ccc(Cl)cc2c2cc(Cl)ccc21. The van der Waals surface area contributed by atoms with Crippen molar-refractivity contribution in [2.24, 2.45) is 0 Å². The van der Waals surface area contributed by atoms with Gasteiger partial charge in [-0.2, -0.15) is 0 Å². The fourth-order valence-electron chi connectivity index (χ4n) is 2.50. The predicted octanol–water partition coefficient (Wildman–Crippen LogP) is 4.86. The Morgan fingerprint density at radius 2 is 1.50 bits per heavy atom. The maximum Gasteiger partial charge on any atom is 0.0815 e. The van der Waals surface area contributed by atoms with Gasteiger partial charge in [0.1, 0.15) is 0 Å². The van der Waals surface area contributed by atoms with Crippen molar-refractivity contribution in [2.75, 3.05) is 5.33 Å². The zero-order valence-electron chi connectivity index (χ0n) is 10.5. The summed E-state index contributed by atoms with van der Waals surface area (Å²) in [5, 5.41) is 14.0. The van der Waals surface area contributed by atoms with Crippen LogP contribution in [0.25, 0.3) is 21.8 Å². The summed E-state index contributed by atoms with van der Waals surface area (Å²) >= 11 is 15.5. The third-order valence-corrected chi connectivity index (χ3v) is 4.58. The number of rotatable bonds is 3. The van der Waals surface area contributed by atoms with Crippen LogP contribution < -0.4 is 0 Å². The molecule has 0 aliphatic carbocycles. The molecule has 1 aromatic heterocycles. The Hall–Kier alpha value is -0.740. The van der Waals surface area contributed by atoms with Gasteiger partial charge in [-0.3, -0.25) is 0 Å². The van der Waals surface area contributed by atoms with E-state index in [9.17, 15) is 5.11 Å². The van der Waals surface area contributed by atoms with Crippen molar-refractivity contribution in [2.45, 2.75) is 12.6 Å². The number of hydrogen-bond acceptors (Lipinski definition) is 1. The third kappa shape index (κ3) is 2.44. The first-order chi connectivity index (χ1) is 9.60. The number of nitrogens with zero attached hydrogens (tertiary/aromatic N) is 1. The van der Waals surface area contributed by atoms with Crippen LogP contribution >= 0.6 is 39.1 Å². The molecule has 3 rings (SSSR count). The van der Waals surface area contributed by atoms with Crippen molar-refractivity contribution in [3.63, 3.8) is 0 Å². The average molecular weight is 373 g/mol. The van der Waals surface area contributed by atoms with Gasteiger partial charge >= 0.3 is 0 Å². The Kier molecular flexibility index (Phi) is 3.95. The molecule has 0 radical (unpaired) electrons. The number of fused-ring (bicyclic) bond motifs is 3. The number of halogens is 3. The monoisotopic (exact) mass is 371 g/mol. The summed E-state index contributed by atoms with van der Waals surface area (Å²) in [5.74, 6) is 0. The van der Waals surface area contributed by atoms with Crippen LogP contribution in [-0.2, 0) is 6.54 Å². The molecule has 5 heteroatoms. The maximum absolute atomic E-state index is 9.94. The lowest BCUT2D eigenvalue weighted by Crippen LogP contribution is -2.16. The van der Waals surface area contributed by atoms with Crippen LogP contribution in [-0.4, -0.2) is 21.1 Å². The molecule has 3 aromatic rings. The van der Waals surface area contributed by atoms with Crippen molar-refractivity contribution < 1.29 is 5.11 Å². The molecule has 1 N–H and O–H groups in total. The molecule has 104 valence electrons. The van der Waals surface area contributed by atoms with E-state index in [1.807, 2.05) is 36.4 Å². The third-order valence-electron chi connectivity index (χ3n) is 3.36. The van der Waals surface area contributed by atoms with E-state index in [-0.39, 0.29) is 0 Å². The Morgan fingerprint density at radius 1 is 1.00 bits per heavy atom. The topological polar surface area (TPSA) is 25.2 Å². The van der Waals surface area contributed by atoms with E-state index in [1.165, 1.54) is 0 Å². The minimum atomic E-state index is -0.444. The molecule has 0 fully saturated rings. The molecular formula is C15H12BrCl2NO. The average Bonchev–Trinajstić information content (AvgIpc) is 2.72. The van der Waals surface area contributed by atoms with Crippen molar-refractivity contribution in [1.29, 1.82) is 0 Å². The molecule has 0 aliphatic heterocycles. The highest BCUT2D eigenvalue weighted by molar-refractivity contribution is 9.09. The van der Waals surface area contributed by atoms with Gasteiger partial charge in [0, 0.05) is 43.7 Å². The van der Waals surface area contributed by atoms with Crippen molar-refractivity contribution in [3.8, 4) is 0 Å². The van der Waals surface area contributed by atoms with Gasteiger partial charge in [0.15, 0.2) is 0 Å². The molecular weight excluding hydrogens is 361 g/mol. The van der Waals surface area contributed by atoms with Crippen LogP contribution in [0.2, 0.25) is 10.0 Å². The summed E-state index contributed by atoms with van der Waals surface area (Å²) < 4.78 is 2.10. The lowest BCUT2D eigenvalue weighted by molar-refractivity contribution is 0.182. The fourth-order valence-corrected chi connectivity index (χ4v) is 3.05. The normalized spacial score (nSPS) is 13.2. The zero-order valence-corrected chi connectivity index (χ0v) is 13.6. The minimum absolute atomic E-state index is 0.444. The molecule has 1 heterocycles. The van der Waals surface area contributed by atoms with Gasteiger partial charge in [-0.15, -0.1) is 0 Å². The van der Waals surface area contributed by atoms with Gasteiger partial charge < -0.3 is 9.67 Å². The number of hydrogen-bond donors (Lipinski definition) is 1. The van der Waals surface area contributed by atoms with Crippen molar-refractivity contribution in [3.05, 3.63) is 46.4 Å². The second kappa shape index (κ2) is 5.57. The van der Waals surface area contributed by atoms with E-state index in [2.05, 4.69) is 20.5 Å². The first-order valence-corrected chi connectivity index (χ1v) is 8.09. The standard InChI is InChI=1S/C15H12BrCl2NO/c16-7-11(20)8-19-14-3-1-9(17)5-12(14)13-6-10(18)2-4-15(13)19/h1-6,11,20H,7-8H2. The van der Waals surface area contributed by atoms with Crippen LogP contribution in [0.1, 0.15) is 0 Å². The Balaban J connectivity index is 2.34. The first-order valence-electron chi connectivity index (χ1n) is 6.21. The molecule has 1 atom stereocenters. The summed E-state index contributed by atoms with van der Waals surface area (Å²) in [7, 11) is 0. The molecule has 0 amide bonds. The largest absolute Gasteiger partial charge is 0.390 e. The highest BCUT2D eigenvalue weighted by Crippen LogP contribution is 2.33. The Labute approximate surface area is 135 Å². The van der Waals surface area contributed by atoms with Crippen LogP contribution in [0.3, 0.4) is 0 Å². The highest BCUT2D eigenvalue weighted by Gasteiger charge is 2.13. The van der Waals surface area contributed by atoms with E-state index in [4.69, 9.17) is 23.2 Å². The number of aliphatic hydroxyl groups excluding tert-OH is 1. The fraction of sp³-hybridized carbons (Fsp3) is 0.200. The number of alkyl halides is 1. The predicted molar refractivity (Wildman–Crippen MR) is 89.3 cm³/mol. The van der Waals surface area contributed by atoms with E-state index in [1.54, 1.807) is 0 Å². The number of benzene rings is 2. The van der Waals surface area contributed by atoms with Gasteiger partial charge in [-0.05, 0) is 36.4 Å². The molecule has 0 bridgehead atoms. The lowest BCUT2D eigenvalue weighted by atomic mass is 10.1. The second-order valence-electron chi connectivity index (χ2n) is 4.74. The number of aliphatic hydroxyl groups is 1. The minimum Gasteiger partial charge on any atom is -0.390 e. The Morgan fingerprint density at radius 3 is 1.95 bits per heavy atom. The van der Waals surface area contributed by atoms with E-state index in [0.717, 1.165) is 21.8 Å². The van der Waals surface area contributed by atoms with Gasteiger partial charge in [0.2, 0.25) is 0 Å². The van der Waals surface area contributed by atoms with E-state index < -0.39 is 6.10 Å². The zero-order chi connectivity index (χ0) is 14.3. The molecule has 20 heavy (non-hydrogen) atoms. The number of aromatic nitrogens is 1. The molecule has 2 nitrogen and oxygen atoms in total. The molecule has 1 unspecified atom stereocenters. The van der Waals surface area contributed by atoms with Crippen LogP contribution in [0.5, 0.6) is 0 Å². The first kappa shape index (κ1) is 14.2. The van der Waals surface area contributed by atoms with Gasteiger partial charge in [-0.1, -0.05) is 39.1 Å². The van der Waals surface area contributed by atoms with Gasteiger partial charge in [0.05, 0.1) is 6.10 Å². The van der Waals surface area contributed by atoms with Gasteiger partial charge in [-0.25, -0.2) is 0 Å². The summed E-state index contributed by atoms with van der Waals surface area (Å²) in [4.78, 5) is 0. The highest BCUT2D eigenvalue weighted by atomic mass is 79.9. The summed E-state index contributed by atoms with van der Waals surface area (Å²) in [6.45, 7) is 0.522. The second-order valence-corrected chi connectivity index (χ2v) is 6.26. The molecule has 0 spiro atoms.